The van der Waals surface area contributed by atoms with Crippen LogP contribution in [0.15, 0.2) is 24.3 Å². The standard InChI is InChI=1S/C21H29FN2O3/c1-20(2,3)27-19(26)23-17-6-4-13-24(14-17)18(25)21(11-5-12-21)15-7-9-16(22)10-8-15/h7-10,17H,4-6,11-14H2,1-3H3,(H,23,26)/t17-/m1/s1. The molecule has 1 atom stereocenters. The Morgan fingerprint density at radius 3 is 2.41 bits per heavy atom. The molecule has 6 heteroatoms. The van der Waals surface area contributed by atoms with Crippen LogP contribution >= 0.6 is 0 Å². The van der Waals surface area contributed by atoms with Gasteiger partial charge in [-0.1, -0.05) is 18.6 Å². The van der Waals surface area contributed by atoms with Gasteiger partial charge in [0.1, 0.15) is 11.4 Å². The van der Waals surface area contributed by atoms with Crippen LogP contribution < -0.4 is 5.32 Å². The molecule has 2 fully saturated rings. The fraction of sp³-hybridized carbons (Fsp3) is 0.619. The number of alkyl carbamates (subject to hydrolysis) is 1. The molecule has 0 aromatic heterocycles. The first-order chi connectivity index (χ1) is 12.7. The molecule has 1 aromatic rings. The van der Waals surface area contributed by atoms with Crippen LogP contribution in [-0.4, -0.2) is 41.6 Å². The lowest BCUT2D eigenvalue weighted by Crippen LogP contribution is -2.57. The first-order valence-electron chi connectivity index (χ1n) is 9.75. The number of nitrogens with zero attached hydrogens (tertiary/aromatic N) is 1. The van der Waals surface area contributed by atoms with Gasteiger partial charge in [0.2, 0.25) is 5.91 Å². The molecule has 27 heavy (non-hydrogen) atoms. The Balaban J connectivity index is 1.67. The molecular weight excluding hydrogens is 347 g/mol. The number of amides is 2. The molecule has 1 aliphatic heterocycles. The van der Waals surface area contributed by atoms with Crippen LogP contribution in [-0.2, 0) is 14.9 Å². The van der Waals surface area contributed by atoms with Gasteiger partial charge in [0, 0.05) is 19.1 Å². The highest BCUT2D eigenvalue weighted by Gasteiger charge is 2.48. The third-order valence-corrected chi connectivity index (χ3v) is 5.44. The second-order valence-corrected chi connectivity index (χ2v) is 8.68. The lowest BCUT2D eigenvalue weighted by atomic mass is 9.63. The van der Waals surface area contributed by atoms with Crippen LogP contribution in [0.1, 0.15) is 58.4 Å². The van der Waals surface area contributed by atoms with Gasteiger partial charge in [-0.25, -0.2) is 9.18 Å². The zero-order chi connectivity index (χ0) is 19.7. The second kappa shape index (κ2) is 7.49. The molecule has 0 unspecified atom stereocenters. The maximum absolute atomic E-state index is 13.3. The summed E-state index contributed by atoms with van der Waals surface area (Å²) in [5.74, 6) is -0.198. The molecular formula is C21H29FN2O3. The minimum Gasteiger partial charge on any atom is -0.444 e. The fourth-order valence-corrected chi connectivity index (χ4v) is 3.98. The van der Waals surface area contributed by atoms with E-state index in [1.165, 1.54) is 12.1 Å². The number of nitrogens with one attached hydrogen (secondary N) is 1. The number of benzene rings is 1. The summed E-state index contributed by atoms with van der Waals surface area (Å²) in [7, 11) is 0. The predicted octanol–water partition coefficient (Wildman–Crippen LogP) is 3.76. The van der Waals surface area contributed by atoms with E-state index in [0.29, 0.717) is 13.1 Å². The third kappa shape index (κ3) is 4.42. The Labute approximate surface area is 160 Å². The fourth-order valence-electron chi connectivity index (χ4n) is 3.98. The normalized spacial score (nSPS) is 21.9. The first-order valence-corrected chi connectivity index (χ1v) is 9.75. The summed E-state index contributed by atoms with van der Waals surface area (Å²) < 4.78 is 18.6. The smallest absolute Gasteiger partial charge is 0.407 e. The van der Waals surface area contributed by atoms with Gasteiger partial charge < -0.3 is 15.0 Å². The van der Waals surface area contributed by atoms with E-state index >= 15 is 0 Å². The van der Waals surface area contributed by atoms with Gasteiger partial charge in [-0.15, -0.1) is 0 Å². The monoisotopic (exact) mass is 376 g/mol. The number of carbonyl (C=O) groups is 2. The van der Waals surface area contributed by atoms with Crippen molar-refractivity contribution in [2.45, 2.75) is 69.9 Å². The first kappa shape index (κ1) is 19.6. The lowest BCUT2D eigenvalue weighted by molar-refractivity contribution is -0.142. The molecule has 1 aromatic carbocycles. The maximum atomic E-state index is 13.3. The van der Waals surface area contributed by atoms with Crippen LogP contribution in [0.4, 0.5) is 9.18 Å². The Morgan fingerprint density at radius 1 is 1.19 bits per heavy atom. The lowest BCUT2D eigenvalue weighted by Gasteiger charge is -2.46. The summed E-state index contributed by atoms with van der Waals surface area (Å²) in [4.78, 5) is 27.2. The van der Waals surface area contributed by atoms with Gasteiger partial charge in [0.15, 0.2) is 0 Å². The summed E-state index contributed by atoms with van der Waals surface area (Å²) >= 11 is 0. The second-order valence-electron chi connectivity index (χ2n) is 8.68. The van der Waals surface area contributed by atoms with Crippen molar-refractivity contribution >= 4 is 12.0 Å². The molecule has 1 heterocycles. The number of halogens is 1. The average Bonchev–Trinajstić information content (AvgIpc) is 2.54. The molecule has 3 rings (SSSR count). The summed E-state index contributed by atoms with van der Waals surface area (Å²) in [6.07, 6.45) is 3.80. The van der Waals surface area contributed by atoms with E-state index in [0.717, 1.165) is 37.7 Å². The van der Waals surface area contributed by atoms with Crippen LogP contribution in [0.3, 0.4) is 0 Å². The van der Waals surface area contributed by atoms with E-state index in [9.17, 15) is 14.0 Å². The molecule has 0 spiro atoms. The number of piperidine rings is 1. The van der Waals surface area contributed by atoms with Crippen LogP contribution in [0.5, 0.6) is 0 Å². The van der Waals surface area contributed by atoms with E-state index < -0.39 is 17.1 Å². The minimum atomic E-state index is -0.549. The molecule has 5 nitrogen and oxygen atoms in total. The van der Waals surface area contributed by atoms with E-state index in [2.05, 4.69) is 5.32 Å². The Hall–Kier alpha value is -2.11. The SMILES string of the molecule is CC(C)(C)OC(=O)N[C@@H]1CCCN(C(=O)C2(c3ccc(F)cc3)CCC2)C1. The molecule has 0 bridgehead atoms. The molecule has 0 radical (unpaired) electrons. The van der Waals surface area contributed by atoms with E-state index in [4.69, 9.17) is 4.74 Å². The highest BCUT2D eigenvalue weighted by Crippen LogP contribution is 2.45. The van der Waals surface area contributed by atoms with Gasteiger partial charge in [0.05, 0.1) is 5.41 Å². The molecule has 148 valence electrons. The Bertz CT molecular complexity index is 692. The summed E-state index contributed by atoms with van der Waals surface area (Å²) in [5, 5.41) is 2.89. The molecule has 2 aliphatic rings. The van der Waals surface area contributed by atoms with Crippen LogP contribution in [0.25, 0.3) is 0 Å². The van der Waals surface area contributed by atoms with Crippen molar-refractivity contribution in [3.63, 3.8) is 0 Å². The zero-order valence-corrected chi connectivity index (χ0v) is 16.4. The minimum absolute atomic E-state index is 0.0936. The number of hydrogen-bond donors (Lipinski definition) is 1. The zero-order valence-electron chi connectivity index (χ0n) is 16.4. The topological polar surface area (TPSA) is 58.6 Å². The molecule has 2 amide bonds. The van der Waals surface area contributed by atoms with E-state index in [1.54, 1.807) is 12.1 Å². The number of ether oxygens (including phenoxy) is 1. The van der Waals surface area contributed by atoms with Gasteiger partial charge in [-0.05, 0) is 64.2 Å². The van der Waals surface area contributed by atoms with E-state index in [1.807, 2.05) is 25.7 Å². The van der Waals surface area contributed by atoms with Crippen LogP contribution in [0.2, 0.25) is 0 Å². The summed E-state index contributed by atoms with van der Waals surface area (Å²) in [5.41, 5.74) is -0.198. The van der Waals surface area contributed by atoms with Crippen molar-refractivity contribution < 1.29 is 18.7 Å². The summed E-state index contributed by atoms with van der Waals surface area (Å²) in [6.45, 7) is 6.65. The maximum Gasteiger partial charge on any atom is 0.407 e. The van der Waals surface area contributed by atoms with Crippen molar-refractivity contribution in [3.8, 4) is 0 Å². The van der Waals surface area contributed by atoms with Crippen molar-refractivity contribution in [1.82, 2.24) is 10.2 Å². The number of carbonyl (C=O) groups excluding carboxylic acids is 2. The van der Waals surface area contributed by atoms with Gasteiger partial charge in [-0.2, -0.15) is 0 Å². The van der Waals surface area contributed by atoms with Crippen molar-refractivity contribution in [2.24, 2.45) is 0 Å². The van der Waals surface area contributed by atoms with Gasteiger partial charge >= 0.3 is 6.09 Å². The quantitative estimate of drug-likeness (QED) is 0.874. The third-order valence-electron chi connectivity index (χ3n) is 5.44. The molecule has 1 N–H and O–H groups in total. The van der Waals surface area contributed by atoms with Gasteiger partial charge in [-0.3, -0.25) is 4.79 Å². The predicted molar refractivity (Wildman–Crippen MR) is 101 cm³/mol. The number of rotatable bonds is 3. The van der Waals surface area contributed by atoms with Crippen molar-refractivity contribution in [2.75, 3.05) is 13.1 Å². The number of hydrogen-bond acceptors (Lipinski definition) is 3. The molecule has 1 saturated heterocycles. The molecule has 1 saturated carbocycles. The van der Waals surface area contributed by atoms with Crippen LogP contribution in [0, 0.1) is 5.82 Å². The van der Waals surface area contributed by atoms with Crippen molar-refractivity contribution in [3.05, 3.63) is 35.6 Å². The van der Waals surface area contributed by atoms with E-state index in [-0.39, 0.29) is 17.8 Å². The molecule has 1 aliphatic carbocycles. The highest BCUT2D eigenvalue weighted by atomic mass is 19.1. The largest absolute Gasteiger partial charge is 0.444 e. The van der Waals surface area contributed by atoms with Gasteiger partial charge in [0.25, 0.3) is 0 Å². The number of likely N-dealkylation sites (tertiary alicyclic amines) is 1. The Kier molecular flexibility index (Phi) is 5.45. The van der Waals surface area contributed by atoms with Crippen molar-refractivity contribution in [1.29, 1.82) is 0 Å². The summed E-state index contributed by atoms with van der Waals surface area (Å²) in [6, 6.07) is 6.19. The average molecular weight is 376 g/mol. The highest BCUT2D eigenvalue weighted by molar-refractivity contribution is 5.89. The Morgan fingerprint density at radius 2 is 1.85 bits per heavy atom.